The molecule has 1 unspecified atom stereocenters. The quantitative estimate of drug-likeness (QED) is 0.186. The maximum absolute atomic E-state index is 13.4. The predicted octanol–water partition coefficient (Wildman–Crippen LogP) is 2.92. The number of aromatic nitrogens is 2. The molecule has 0 fully saturated rings. The summed E-state index contributed by atoms with van der Waals surface area (Å²) in [5, 5.41) is 0.266. The van der Waals surface area contributed by atoms with Gasteiger partial charge in [0.05, 0.1) is 30.0 Å². The first-order chi connectivity index (χ1) is 17.3. The molecule has 3 heterocycles. The van der Waals surface area contributed by atoms with Crippen LogP contribution in [0.1, 0.15) is 38.6 Å². The summed E-state index contributed by atoms with van der Waals surface area (Å²) < 4.78 is 16.8. The molecule has 36 heavy (non-hydrogen) atoms. The van der Waals surface area contributed by atoms with Crippen LogP contribution >= 0.6 is 11.3 Å². The van der Waals surface area contributed by atoms with Crippen LogP contribution in [0, 0.1) is 6.92 Å². The van der Waals surface area contributed by atoms with Crippen molar-refractivity contribution in [3.05, 3.63) is 63.5 Å². The van der Waals surface area contributed by atoms with Gasteiger partial charge in [-0.05, 0) is 37.6 Å². The Labute approximate surface area is 210 Å². The SMILES string of the molecule is C=CCN1C(=O)COc2ccc(C(=O)C(C)n3cnc4sc(C(=O)OCCOC)c(C)c4c3=O)cc21. The molecule has 0 radical (unpaired) electrons. The zero-order valence-corrected chi connectivity index (χ0v) is 20.9. The molecule has 3 aromatic rings. The molecular formula is C25H25N3O7S. The largest absolute Gasteiger partial charge is 0.482 e. The van der Waals surface area contributed by atoms with Crippen molar-refractivity contribution in [1.82, 2.24) is 9.55 Å². The van der Waals surface area contributed by atoms with E-state index in [1.165, 1.54) is 22.9 Å². The third-order valence-electron chi connectivity index (χ3n) is 5.88. The molecule has 1 amide bonds. The van der Waals surface area contributed by atoms with E-state index in [0.717, 1.165) is 11.3 Å². The maximum Gasteiger partial charge on any atom is 0.348 e. The molecule has 1 aliphatic heterocycles. The minimum atomic E-state index is -0.892. The fourth-order valence-corrected chi connectivity index (χ4v) is 4.98. The van der Waals surface area contributed by atoms with Crippen LogP contribution in [0.15, 0.2) is 42.0 Å². The number of aryl methyl sites for hydroxylation is 1. The number of thiophene rings is 1. The molecule has 0 bridgehead atoms. The molecule has 1 aliphatic rings. The lowest BCUT2D eigenvalue weighted by Crippen LogP contribution is -2.39. The van der Waals surface area contributed by atoms with Gasteiger partial charge < -0.3 is 19.1 Å². The predicted molar refractivity (Wildman–Crippen MR) is 134 cm³/mol. The van der Waals surface area contributed by atoms with Gasteiger partial charge in [0, 0.05) is 19.2 Å². The molecule has 4 rings (SSSR count). The maximum atomic E-state index is 13.4. The number of amides is 1. The number of methoxy groups -OCH3 is 1. The van der Waals surface area contributed by atoms with E-state index in [9.17, 15) is 19.2 Å². The molecule has 1 atom stereocenters. The third-order valence-corrected chi connectivity index (χ3v) is 7.06. The van der Waals surface area contributed by atoms with Crippen LogP contribution < -0.4 is 15.2 Å². The van der Waals surface area contributed by atoms with Crippen LogP contribution in [0.5, 0.6) is 5.75 Å². The van der Waals surface area contributed by atoms with Gasteiger partial charge in [0.25, 0.3) is 11.5 Å². The number of Topliss-reactive ketones (excluding diaryl/α,β-unsaturated/α-hetero) is 1. The number of fused-ring (bicyclic) bond motifs is 2. The van der Waals surface area contributed by atoms with Crippen LogP contribution in [0.3, 0.4) is 0 Å². The van der Waals surface area contributed by atoms with Crippen molar-refractivity contribution in [2.45, 2.75) is 19.9 Å². The summed E-state index contributed by atoms with van der Waals surface area (Å²) in [5.74, 6) is -0.655. The van der Waals surface area contributed by atoms with Crippen molar-refractivity contribution in [1.29, 1.82) is 0 Å². The fraction of sp³-hybridized carbons (Fsp3) is 0.320. The number of hydrogen-bond donors (Lipinski definition) is 0. The molecule has 188 valence electrons. The summed E-state index contributed by atoms with van der Waals surface area (Å²) in [6, 6.07) is 3.92. The zero-order valence-electron chi connectivity index (χ0n) is 20.1. The van der Waals surface area contributed by atoms with Gasteiger partial charge in [-0.3, -0.25) is 19.0 Å². The number of benzene rings is 1. The van der Waals surface area contributed by atoms with Crippen molar-refractivity contribution < 1.29 is 28.6 Å². The van der Waals surface area contributed by atoms with Gasteiger partial charge in [0.2, 0.25) is 0 Å². The lowest BCUT2D eigenvalue weighted by Gasteiger charge is -2.29. The summed E-state index contributed by atoms with van der Waals surface area (Å²) in [6.07, 6.45) is 2.90. The molecule has 0 saturated carbocycles. The van der Waals surface area contributed by atoms with Crippen molar-refractivity contribution in [2.24, 2.45) is 0 Å². The Morgan fingerprint density at radius 2 is 2.08 bits per heavy atom. The number of esters is 1. The van der Waals surface area contributed by atoms with Gasteiger partial charge in [0.15, 0.2) is 12.4 Å². The molecule has 10 nitrogen and oxygen atoms in total. The highest BCUT2D eigenvalue weighted by atomic mass is 32.1. The van der Waals surface area contributed by atoms with Crippen LogP contribution in [-0.2, 0) is 14.3 Å². The average molecular weight is 512 g/mol. The van der Waals surface area contributed by atoms with E-state index < -0.39 is 17.6 Å². The van der Waals surface area contributed by atoms with Gasteiger partial charge in [-0.2, -0.15) is 0 Å². The minimum absolute atomic E-state index is 0.0898. The molecule has 0 N–H and O–H groups in total. The van der Waals surface area contributed by atoms with E-state index in [2.05, 4.69) is 11.6 Å². The van der Waals surface area contributed by atoms with Crippen molar-refractivity contribution in [2.75, 3.05) is 38.4 Å². The van der Waals surface area contributed by atoms with E-state index in [1.54, 1.807) is 38.1 Å². The monoisotopic (exact) mass is 511 g/mol. The summed E-state index contributed by atoms with van der Waals surface area (Å²) in [4.78, 5) is 58.0. The average Bonchev–Trinajstić information content (AvgIpc) is 3.22. The Kier molecular flexibility index (Phi) is 7.32. The first-order valence-electron chi connectivity index (χ1n) is 11.2. The lowest BCUT2D eigenvalue weighted by atomic mass is 10.0. The zero-order chi connectivity index (χ0) is 26.0. The lowest BCUT2D eigenvalue weighted by molar-refractivity contribution is -0.121. The number of ether oxygens (including phenoxy) is 3. The number of anilines is 1. The first-order valence-corrected chi connectivity index (χ1v) is 12.0. The summed E-state index contributed by atoms with van der Waals surface area (Å²) >= 11 is 1.07. The van der Waals surface area contributed by atoms with Crippen LogP contribution in [0.4, 0.5) is 5.69 Å². The molecule has 2 aromatic heterocycles. The van der Waals surface area contributed by atoms with Crippen molar-refractivity contribution in [3.63, 3.8) is 0 Å². The number of nitrogens with zero attached hydrogens (tertiary/aromatic N) is 3. The van der Waals surface area contributed by atoms with E-state index in [0.29, 0.717) is 27.4 Å². The second-order valence-electron chi connectivity index (χ2n) is 8.13. The normalized spacial score (nSPS) is 13.8. The Morgan fingerprint density at radius 1 is 1.31 bits per heavy atom. The number of carbonyl (C=O) groups is 3. The van der Waals surface area contributed by atoms with E-state index in [1.807, 2.05) is 0 Å². The fourth-order valence-electron chi connectivity index (χ4n) is 3.94. The van der Waals surface area contributed by atoms with Crippen LogP contribution in [0.2, 0.25) is 0 Å². The Hall–Kier alpha value is -3.83. The Morgan fingerprint density at radius 3 is 2.81 bits per heavy atom. The van der Waals surface area contributed by atoms with Crippen LogP contribution in [0.25, 0.3) is 10.2 Å². The summed E-state index contributed by atoms with van der Waals surface area (Å²) in [6.45, 7) is 7.47. The topological polar surface area (TPSA) is 117 Å². The highest BCUT2D eigenvalue weighted by Crippen LogP contribution is 2.34. The standard InChI is InChI=1S/C25H25N3O7S/c1-5-8-27-17-11-16(6-7-18(17)35-12-19(27)29)21(30)15(3)28-13-26-23-20(24(28)31)14(2)22(36-23)25(32)34-10-9-33-4/h5-7,11,13,15H,1,8-10,12H2,2-4H3. The van der Waals surface area contributed by atoms with Gasteiger partial charge in [-0.15, -0.1) is 17.9 Å². The van der Waals surface area contributed by atoms with Gasteiger partial charge in [-0.25, -0.2) is 9.78 Å². The minimum Gasteiger partial charge on any atom is -0.482 e. The highest BCUT2D eigenvalue weighted by molar-refractivity contribution is 7.20. The summed E-state index contributed by atoms with van der Waals surface area (Å²) in [7, 11) is 1.50. The van der Waals surface area contributed by atoms with Crippen molar-refractivity contribution in [3.8, 4) is 5.75 Å². The first kappa shape index (κ1) is 25.3. The van der Waals surface area contributed by atoms with E-state index in [-0.39, 0.29) is 48.3 Å². The van der Waals surface area contributed by atoms with Crippen LogP contribution in [-0.4, -0.2) is 60.7 Å². The molecule has 11 heteroatoms. The van der Waals surface area contributed by atoms with Gasteiger partial charge >= 0.3 is 5.97 Å². The second-order valence-corrected chi connectivity index (χ2v) is 9.13. The second kappa shape index (κ2) is 10.4. The van der Waals surface area contributed by atoms with E-state index in [4.69, 9.17) is 14.2 Å². The number of carbonyl (C=O) groups excluding carboxylic acids is 3. The van der Waals surface area contributed by atoms with Crippen molar-refractivity contribution >= 4 is 44.9 Å². The Bertz CT molecular complexity index is 1430. The summed E-state index contributed by atoms with van der Waals surface area (Å²) in [5.41, 5.74) is 0.796. The molecular weight excluding hydrogens is 486 g/mol. The highest BCUT2D eigenvalue weighted by Gasteiger charge is 2.28. The molecule has 0 saturated heterocycles. The molecule has 0 aliphatic carbocycles. The molecule has 0 spiro atoms. The number of hydrogen-bond acceptors (Lipinski definition) is 9. The number of rotatable bonds is 9. The Balaban J connectivity index is 1.66. The smallest absolute Gasteiger partial charge is 0.348 e. The third kappa shape index (κ3) is 4.54. The van der Waals surface area contributed by atoms with Gasteiger partial charge in [-0.1, -0.05) is 6.08 Å². The van der Waals surface area contributed by atoms with Gasteiger partial charge in [0.1, 0.15) is 22.1 Å². The van der Waals surface area contributed by atoms with E-state index >= 15 is 0 Å². The number of ketones is 1. The molecule has 1 aromatic carbocycles.